The third-order valence-electron chi connectivity index (χ3n) is 5.72. The number of carbonyl (C=O) groups excluding carboxylic acids is 4. The number of esters is 2. The van der Waals surface area contributed by atoms with Gasteiger partial charge in [0.2, 0.25) is 12.7 Å². The van der Waals surface area contributed by atoms with Gasteiger partial charge in [-0.2, -0.15) is 0 Å². The van der Waals surface area contributed by atoms with E-state index in [4.69, 9.17) is 15.2 Å². The first kappa shape index (κ1) is 29.2. The minimum absolute atomic E-state index is 0.0745. The second kappa shape index (κ2) is 11.8. The Labute approximate surface area is 241 Å². The molecule has 0 aromatic carbocycles. The number of β-lactam (4-membered cyclic amide) rings is 1. The number of nitrogen functional groups attached to an aromatic ring is 1. The fraction of sp³-hybridized carbons (Fsp3) is 0.375. The largest absolute Gasteiger partial charge is 0.427 e. The first-order valence-electron chi connectivity index (χ1n) is 11.8. The summed E-state index contributed by atoms with van der Waals surface area (Å²) in [4.78, 5) is 61.5. The Morgan fingerprint density at radius 2 is 2.02 bits per heavy atom. The van der Waals surface area contributed by atoms with E-state index in [-0.39, 0.29) is 40.1 Å². The number of anilines is 1. The SMILES string of the molecule is Cc1ncsc1C=CC1=C(C(=O)OCOC(=O)C(C)(C)C)N2C(=O)C[C@@H]2SC1NC(=O)C(=NO)c1csc(N)n1. The highest BCUT2D eigenvalue weighted by Gasteiger charge is 2.49. The Kier molecular flexibility index (Phi) is 8.60. The third-order valence-corrected chi connectivity index (χ3v) is 8.63. The van der Waals surface area contributed by atoms with Gasteiger partial charge in [0, 0.05) is 15.8 Å². The summed E-state index contributed by atoms with van der Waals surface area (Å²) in [5, 5.41) is 15.7. The lowest BCUT2D eigenvalue weighted by Crippen LogP contribution is -2.57. The van der Waals surface area contributed by atoms with Gasteiger partial charge in [-0.05, 0) is 33.8 Å². The number of nitrogens with zero attached hydrogens (tertiary/aromatic N) is 4. The van der Waals surface area contributed by atoms with Crippen LogP contribution in [0.1, 0.15) is 43.5 Å². The average molecular weight is 607 g/mol. The Morgan fingerprint density at radius 3 is 2.60 bits per heavy atom. The van der Waals surface area contributed by atoms with Crippen LogP contribution in [0, 0.1) is 12.3 Å². The van der Waals surface area contributed by atoms with Crippen LogP contribution >= 0.6 is 34.4 Å². The number of aromatic nitrogens is 2. The predicted molar refractivity (Wildman–Crippen MR) is 149 cm³/mol. The van der Waals surface area contributed by atoms with Crippen molar-refractivity contribution in [2.75, 3.05) is 12.5 Å². The van der Waals surface area contributed by atoms with Gasteiger partial charge >= 0.3 is 11.9 Å². The Morgan fingerprint density at radius 1 is 1.27 bits per heavy atom. The second-order valence-corrected chi connectivity index (χ2v) is 12.7. The number of thiazole rings is 2. The van der Waals surface area contributed by atoms with Gasteiger partial charge in [0.1, 0.15) is 16.8 Å². The maximum absolute atomic E-state index is 13.3. The minimum atomic E-state index is -0.914. The van der Waals surface area contributed by atoms with E-state index in [0.29, 0.717) is 0 Å². The van der Waals surface area contributed by atoms with Crippen molar-refractivity contribution in [3.8, 4) is 0 Å². The summed E-state index contributed by atoms with van der Waals surface area (Å²) in [7, 11) is 0. The van der Waals surface area contributed by atoms with Crippen molar-refractivity contribution in [3.05, 3.63) is 44.5 Å². The van der Waals surface area contributed by atoms with Crippen LogP contribution in [0.15, 0.2) is 33.4 Å². The first-order chi connectivity index (χ1) is 18.9. The smallest absolute Gasteiger partial charge is 0.358 e. The number of aryl methyl sites for hydroxylation is 1. The molecule has 13 nitrogen and oxygen atoms in total. The zero-order valence-corrected chi connectivity index (χ0v) is 24.3. The molecule has 4 rings (SSSR count). The number of hydrogen-bond acceptors (Lipinski definition) is 14. The molecule has 212 valence electrons. The van der Waals surface area contributed by atoms with Crippen LogP contribution in [-0.2, 0) is 28.7 Å². The van der Waals surface area contributed by atoms with Crippen LogP contribution in [-0.4, -0.2) is 67.1 Å². The number of rotatable bonds is 8. The molecule has 16 heteroatoms. The van der Waals surface area contributed by atoms with E-state index < -0.39 is 40.8 Å². The number of oxime groups is 1. The van der Waals surface area contributed by atoms with Gasteiger partial charge in [0.15, 0.2) is 10.8 Å². The number of nitrogens with one attached hydrogen (secondary N) is 1. The molecule has 0 radical (unpaired) electrons. The lowest BCUT2D eigenvalue weighted by atomic mass is 9.98. The van der Waals surface area contributed by atoms with Crippen LogP contribution in [0.4, 0.5) is 5.13 Å². The first-order valence-corrected chi connectivity index (χ1v) is 14.5. The standard InChI is InChI=1S/C24H26N6O7S3/c1-11-14(39-9-26-11)6-5-12-18(21(33)36-10-37-22(34)24(2,3)4)30-15(31)7-16(30)40-20(12)28-19(32)17(29-35)13-8-38-23(25)27-13/h5-6,8-9,16,20,35H,7,10H2,1-4H3,(H2,25,27)(H,28,32)/t16-,20?/m0/s1. The molecule has 2 amide bonds. The van der Waals surface area contributed by atoms with Gasteiger partial charge in [-0.3, -0.25) is 19.3 Å². The van der Waals surface area contributed by atoms with Crippen molar-refractivity contribution in [3.63, 3.8) is 0 Å². The van der Waals surface area contributed by atoms with Crippen LogP contribution < -0.4 is 11.1 Å². The summed E-state index contributed by atoms with van der Waals surface area (Å²) in [5.41, 5.74) is 7.10. The van der Waals surface area contributed by atoms with Gasteiger partial charge < -0.3 is 25.7 Å². The summed E-state index contributed by atoms with van der Waals surface area (Å²) in [5.74, 6) is -2.58. The van der Waals surface area contributed by atoms with E-state index in [2.05, 4.69) is 20.4 Å². The molecule has 0 spiro atoms. The predicted octanol–water partition coefficient (Wildman–Crippen LogP) is 2.47. The summed E-state index contributed by atoms with van der Waals surface area (Å²) >= 11 is 3.66. The number of ether oxygens (including phenoxy) is 2. The third kappa shape index (κ3) is 6.18. The topological polar surface area (TPSA) is 186 Å². The van der Waals surface area contributed by atoms with E-state index in [1.807, 2.05) is 6.92 Å². The van der Waals surface area contributed by atoms with Gasteiger partial charge in [-0.25, -0.2) is 14.8 Å². The average Bonchev–Trinajstić information content (AvgIpc) is 3.49. The van der Waals surface area contributed by atoms with Gasteiger partial charge in [-0.15, -0.1) is 34.4 Å². The van der Waals surface area contributed by atoms with E-state index in [1.54, 1.807) is 38.4 Å². The monoisotopic (exact) mass is 606 g/mol. The fourth-order valence-corrected chi connectivity index (χ4v) is 6.26. The molecule has 2 aliphatic rings. The number of fused-ring (bicyclic) bond motifs is 1. The molecule has 2 aliphatic heterocycles. The molecule has 4 N–H and O–H groups in total. The highest BCUT2D eigenvalue weighted by atomic mass is 32.2. The van der Waals surface area contributed by atoms with Crippen LogP contribution in [0.5, 0.6) is 0 Å². The second-order valence-electron chi connectivity index (χ2n) is 9.60. The van der Waals surface area contributed by atoms with E-state index >= 15 is 0 Å². The van der Waals surface area contributed by atoms with E-state index in [0.717, 1.165) is 21.9 Å². The molecular weight excluding hydrogens is 581 g/mol. The molecule has 1 fully saturated rings. The maximum Gasteiger partial charge on any atom is 0.358 e. The van der Waals surface area contributed by atoms with Crippen molar-refractivity contribution < 1.29 is 33.9 Å². The molecule has 0 aliphatic carbocycles. The number of nitrogens with two attached hydrogens (primary N) is 1. The lowest BCUT2D eigenvalue weighted by molar-refractivity contribution is -0.173. The Hall–Kier alpha value is -3.76. The quantitative estimate of drug-likeness (QED) is 0.100. The summed E-state index contributed by atoms with van der Waals surface area (Å²) < 4.78 is 10.3. The van der Waals surface area contributed by atoms with E-state index in [1.165, 1.54) is 33.4 Å². The Bertz CT molecular complexity index is 1440. The molecule has 4 heterocycles. The summed E-state index contributed by atoms with van der Waals surface area (Å²) in [6.45, 7) is 6.12. The molecule has 1 unspecified atom stereocenters. The fourth-order valence-electron chi connectivity index (χ4n) is 3.61. The van der Waals surface area contributed by atoms with E-state index in [9.17, 15) is 24.4 Å². The van der Waals surface area contributed by atoms with Crippen molar-refractivity contribution in [1.29, 1.82) is 0 Å². The molecule has 0 bridgehead atoms. The van der Waals surface area contributed by atoms with Gasteiger partial charge in [0.05, 0.1) is 28.4 Å². The molecule has 1 saturated heterocycles. The van der Waals surface area contributed by atoms with Crippen LogP contribution in [0.3, 0.4) is 0 Å². The molecule has 40 heavy (non-hydrogen) atoms. The normalized spacial score (nSPS) is 19.4. The lowest BCUT2D eigenvalue weighted by Gasteiger charge is -2.46. The number of amides is 2. The summed E-state index contributed by atoms with van der Waals surface area (Å²) in [6.07, 6.45) is 3.43. The highest BCUT2D eigenvalue weighted by molar-refractivity contribution is 8.00. The number of hydrogen-bond donors (Lipinski definition) is 3. The molecule has 2 aromatic heterocycles. The van der Waals surface area contributed by atoms with Gasteiger partial charge in [0.25, 0.3) is 5.91 Å². The number of thioether (sulfide) groups is 1. The van der Waals surface area contributed by atoms with Gasteiger partial charge in [-0.1, -0.05) is 11.2 Å². The van der Waals surface area contributed by atoms with Crippen LogP contribution in [0.25, 0.3) is 6.08 Å². The molecule has 2 atom stereocenters. The molecule has 2 aromatic rings. The highest BCUT2D eigenvalue weighted by Crippen LogP contribution is 2.44. The maximum atomic E-state index is 13.3. The minimum Gasteiger partial charge on any atom is -0.427 e. The van der Waals surface area contributed by atoms with Crippen molar-refractivity contribution in [2.45, 2.75) is 44.9 Å². The van der Waals surface area contributed by atoms with Crippen LogP contribution in [0.2, 0.25) is 0 Å². The Balaban J connectivity index is 1.68. The molecule has 0 saturated carbocycles. The zero-order valence-electron chi connectivity index (χ0n) is 21.9. The molecular formula is C24H26N6O7S3. The zero-order chi connectivity index (χ0) is 29.2. The van der Waals surface area contributed by atoms with Crippen molar-refractivity contribution in [2.24, 2.45) is 10.6 Å². The number of carbonyl (C=O) groups is 4. The van der Waals surface area contributed by atoms with Crippen molar-refractivity contribution in [1.82, 2.24) is 20.2 Å². The van der Waals surface area contributed by atoms with Crippen molar-refractivity contribution >= 4 is 75.1 Å². The summed E-state index contributed by atoms with van der Waals surface area (Å²) in [6, 6.07) is 0.